The van der Waals surface area contributed by atoms with Crippen molar-refractivity contribution in [2.45, 2.75) is 12.6 Å². The number of rotatable bonds is 7. The Morgan fingerprint density at radius 2 is 1.76 bits per heavy atom. The van der Waals surface area contributed by atoms with Crippen molar-refractivity contribution in [1.82, 2.24) is 5.32 Å². The minimum Gasteiger partial charge on any atom is -0.384 e. The van der Waals surface area contributed by atoms with E-state index >= 15 is 0 Å². The molecular weight excluding hydrogens is 369 g/mol. The van der Waals surface area contributed by atoms with Gasteiger partial charge in [0.05, 0.1) is 0 Å². The Bertz CT molecular complexity index is 1000. The number of nitrogen functional groups attached to an aromatic ring is 1. The first kappa shape index (κ1) is 20.2. The van der Waals surface area contributed by atoms with Crippen LogP contribution in [0.5, 0.6) is 0 Å². The molecule has 5 nitrogen and oxygen atoms in total. The van der Waals surface area contributed by atoms with Gasteiger partial charge >= 0.3 is 0 Å². The molecule has 3 aromatic rings. The molecule has 0 aliphatic rings. The first-order chi connectivity index (χ1) is 14.0. The standard InChI is InChI=1S/C23H22FN3O2/c1-29-21(23(28)27-14-15-7-9-17(10-8-15)22(25)26)19-13-18(11-12-20(19)24)16-5-3-2-4-6-16/h2-13,21H,14H2,1H3,(H3,25,26)(H,27,28)/t21-/m0/s1. The fourth-order valence-electron chi connectivity index (χ4n) is 3.01. The van der Waals surface area contributed by atoms with E-state index in [1.807, 2.05) is 30.3 Å². The highest BCUT2D eigenvalue weighted by atomic mass is 19.1. The van der Waals surface area contributed by atoms with E-state index in [0.29, 0.717) is 5.56 Å². The molecule has 0 aliphatic heterocycles. The van der Waals surface area contributed by atoms with Crippen molar-refractivity contribution in [2.24, 2.45) is 5.73 Å². The number of benzene rings is 3. The number of amides is 1. The number of ether oxygens (including phenoxy) is 1. The van der Waals surface area contributed by atoms with Gasteiger partial charge in [-0.25, -0.2) is 4.39 Å². The molecule has 0 saturated heterocycles. The van der Waals surface area contributed by atoms with Gasteiger partial charge in [-0.15, -0.1) is 0 Å². The van der Waals surface area contributed by atoms with Crippen molar-refractivity contribution in [3.63, 3.8) is 0 Å². The summed E-state index contributed by atoms with van der Waals surface area (Å²) in [5, 5.41) is 10.2. The van der Waals surface area contributed by atoms with E-state index in [4.69, 9.17) is 15.9 Å². The lowest BCUT2D eigenvalue weighted by molar-refractivity contribution is -0.131. The Morgan fingerprint density at radius 3 is 2.38 bits per heavy atom. The van der Waals surface area contributed by atoms with Gasteiger partial charge in [0.25, 0.3) is 5.91 Å². The summed E-state index contributed by atoms with van der Waals surface area (Å²) in [5.74, 6) is -0.960. The van der Waals surface area contributed by atoms with E-state index in [1.54, 1.807) is 36.4 Å². The monoisotopic (exact) mass is 391 g/mol. The molecule has 0 radical (unpaired) electrons. The van der Waals surface area contributed by atoms with Crippen molar-refractivity contribution in [3.05, 3.63) is 95.3 Å². The second kappa shape index (κ2) is 9.12. The topological polar surface area (TPSA) is 88.2 Å². The number of halogens is 1. The summed E-state index contributed by atoms with van der Waals surface area (Å²) in [7, 11) is 1.38. The Labute approximate surface area is 168 Å². The number of nitrogens with one attached hydrogen (secondary N) is 2. The summed E-state index contributed by atoms with van der Waals surface area (Å²) in [4.78, 5) is 12.7. The van der Waals surface area contributed by atoms with E-state index in [-0.39, 0.29) is 17.9 Å². The number of amidine groups is 1. The lowest BCUT2D eigenvalue weighted by Crippen LogP contribution is -2.30. The summed E-state index contributed by atoms with van der Waals surface area (Å²) >= 11 is 0. The fraction of sp³-hybridized carbons (Fsp3) is 0.130. The average molecular weight is 391 g/mol. The number of hydrogen-bond donors (Lipinski definition) is 3. The van der Waals surface area contributed by atoms with Gasteiger partial charge in [-0.2, -0.15) is 0 Å². The van der Waals surface area contributed by atoms with E-state index in [1.165, 1.54) is 13.2 Å². The largest absolute Gasteiger partial charge is 0.384 e. The maximum Gasteiger partial charge on any atom is 0.254 e. The molecule has 3 rings (SSSR count). The molecule has 6 heteroatoms. The van der Waals surface area contributed by atoms with E-state index in [2.05, 4.69) is 5.32 Å². The van der Waals surface area contributed by atoms with Gasteiger partial charge in [0.2, 0.25) is 0 Å². The molecule has 3 aromatic carbocycles. The van der Waals surface area contributed by atoms with Crippen LogP contribution in [0.1, 0.15) is 22.8 Å². The molecular formula is C23H22FN3O2. The van der Waals surface area contributed by atoms with E-state index < -0.39 is 17.8 Å². The second-order valence-electron chi connectivity index (χ2n) is 6.55. The summed E-state index contributed by atoms with van der Waals surface area (Å²) in [6, 6.07) is 21.2. The van der Waals surface area contributed by atoms with Crippen LogP contribution in [-0.2, 0) is 16.1 Å². The highest BCUT2D eigenvalue weighted by Gasteiger charge is 2.24. The molecule has 0 fully saturated rings. The van der Waals surface area contributed by atoms with Crippen LogP contribution in [0.2, 0.25) is 0 Å². The fourth-order valence-corrected chi connectivity index (χ4v) is 3.01. The van der Waals surface area contributed by atoms with Crippen LogP contribution in [0.4, 0.5) is 4.39 Å². The third-order valence-electron chi connectivity index (χ3n) is 4.59. The van der Waals surface area contributed by atoms with Gasteiger partial charge in [-0.3, -0.25) is 10.2 Å². The van der Waals surface area contributed by atoms with Crippen molar-refractivity contribution >= 4 is 11.7 Å². The van der Waals surface area contributed by atoms with Crippen molar-refractivity contribution < 1.29 is 13.9 Å². The van der Waals surface area contributed by atoms with Crippen LogP contribution >= 0.6 is 0 Å². The first-order valence-corrected chi connectivity index (χ1v) is 9.08. The highest BCUT2D eigenvalue weighted by molar-refractivity contribution is 5.94. The average Bonchev–Trinajstić information content (AvgIpc) is 2.75. The van der Waals surface area contributed by atoms with Crippen LogP contribution in [-0.4, -0.2) is 18.9 Å². The maximum atomic E-state index is 14.5. The lowest BCUT2D eigenvalue weighted by Gasteiger charge is -2.17. The van der Waals surface area contributed by atoms with Crippen LogP contribution < -0.4 is 11.1 Å². The number of carbonyl (C=O) groups excluding carboxylic acids is 1. The van der Waals surface area contributed by atoms with Crippen LogP contribution in [0.3, 0.4) is 0 Å². The molecule has 148 valence electrons. The summed E-state index contributed by atoms with van der Waals surface area (Å²) in [6.45, 7) is 0.247. The van der Waals surface area contributed by atoms with Gasteiger partial charge in [-0.1, -0.05) is 60.7 Å². The minimum atomic E-state index is -1.07. The van der Waals surface area contributed by atoms with Crippen molar-refractivity contribution in [3.8, 4) is 11.1 Å². The SMILES string of the molecule is CO[C@H](C(=O)NCc1ccc(C(=N)N)cc1)c1cc(-c2ccccc2)ccc1F. The number of nitrogens with two attached hydrogens (primary N) is 1. The summed E-state index contributed by atoms with van der Waals surface area (Å²) < 4.78 is 19.8. The second-order valence-corrected chi connectivity index (χ2v) is 6.55. The molecule has 0 saturated carbocycles. The minimum absolute atomic E-state index is 0.0196. The Hall–Kier alpha value is -3.51. The third kappa shape index (κ3) is 4.86. The van der Waals surface area contributed by atoms with Crippen molar-refractivity contribution in [1.29, 1.82) is 5.41 Å². The maximum absolute atomic E-state index is 14.5. The first-order valence-electron chi connectivity index (χ1n) is 9.08. The lowest BCUT2D eigenvalue weighted by atomic mass is 9.99. The highest BCUT2D eigenvalue weighted by Crippen LogP contribution is 2.27. The Balaban J connectivity index is 1.76. The van der Waals surface area contributed by atoms with Gasteiger partial charge in [0.15, 0.2) is 6.10 Å². The van der Waals surface area contributed by atoms with Crippen LogP contribution in [0, 0.1) is 11.2 Å². The molecule has 1 amide bonds. The Kier molecular flexibility index (Phi) is 6.36. The third-order valence-corrected chi connectivity index (χ3v) is 4.59. The Morgan fingerprint density at radius 1 is 1.07 bits per heavy atom. The van der Waals surface area contributed by atoms with Gasteiger partial charge in [0.1, 0.15) is 11.7 Å². The number of hydrogen-bond acceptors (Lipinski definition) is 3. The molecule has 4 N–H and O–H groups in total. The zero-order chi connectivity index (χ0) is 20.8. The predicted molar refractivity (Wildman–Crippen MR) is 111 cm³/mol. The van der Waals surface area contributed by atoms with Crippen LogP contribution in [0.15, 0.2) is 72.8 Å². The van der Waals surface area contributed by atoms with E-state index in [0.717, 1.165) is 16.7 Å². The van der Waals surface area contributed by atoms with Gasteiger partial charge in [0, 0.05) is 24.8 Å². The number of methoxy groups -OCH3 is 1. The van der Waals surface area contributed by atoms with Gasteiger partial charge in [-0.05, 0) is 28.8 Å². The molecule has 0 bridgehead atoms. The number of carbonyl (C=O) groups is 1. The summed E-state index contributed by atoms with van der Waals surface area (Å²) in [6.07, 6.45) is -1.07. The zero-order valence-corrected chi connectivity index (χ0v) is 16.0. The van der Waals surface area contributed by atoms with Gasteiger partial charge < -0.3 is 15.8 Å². The molecule has 0 aliphatic carbocycles. The normalized spacial score (nSPS) is 11.7. The predicted octanol–water partition coefficient (Wildman–Crippen LogP) is 3.78. The molecule has 0 spiro atoms. The van der Waals surface area contributed by atoms with E-state index in [9.17, 15) is 9.18 Å². The molecule has 0 unspecified atom stereocenters. The van der Waals surface area contributed by atoms with Crippen molar-refractivity contribution in [2.75, 3.05) is 7.11 Å². The summed E-state index contributed by atoms with van der Waals surface area (Å²) in [5.41, 5.74) is 8.78. The quantitative estimate of drug-likeness (QED) is 0.423. The zero-order valence-electron chi connectivity index (χ0n) is 16.0. The molecule has 0 aromatic heterocycles. The van der Waals surface area contributed by atoms with Crippen LogP contribution in [0.25, 0.3) is 11.1 Å². The molecule has 1 atom stereocenters. The smallest absolute Gasteiger partial charge is 0.254 e. The molecule has 29 heavy (non-hydrogen) atoms. The molecule has 0 heterocycles.